The van der Waals surface area contributed by atoms with Crippen LogP contribution in [0.3, 0.4) is 0 Å². The van der Waals surface area contributed by atoms with Crippen LogP contribution in [0.1, 0.15) is 207 Å². The Bertz CT molecular complexity index is 1780. The summed E-state index contributed by atoms with van der Waals surface area (Å²) in [6.07, 6.45) is 34.5. The summed E-state index contributed by atoms with van der Waals surface area (Å²) < 4.78 is 32.3. The van der Waals surface area contributed by atoms with E-state index in [4.69, 9.17) is 23.7 Å². The molecule has 6 heteroatoms. The van der Waals surface area contributed by atoms with Gasteiger partial charge in [0.05, 0.1) is 33.5 Å². The normalized spacial score (nSPS) is 11.6. The number of aromatic hydroxyl groups is 1. The lowest BCUT2D eigenvalue weighted by Crippen LogP contribution is -2.04. The molecular weight excluding hydrogens is 757 g/mol. The molecule has 0 aromatic heterocycles. The summed E-state index contributed by atoms with van der Waals surface area (Å²) in [6.45, 7) is 11.7. The number of ether oxygens (including phenoxy) is 5. The number of rotatable bonds is 37. The zero-order valence-corrected chi connectivity index (χ0v) is 39.6. The van der Waals surface area contributed by atoms with Crippen molar-refractivity contribution in [3.8, 4) is 34.5 Å². The second-order valence-corrected chi connectivity index (χ2v) is 17.6. The molecule has 0 aliphatic rings. The minimum Gasteiger partial charge on any atom is -0.504 e. The van der Waals surface area contributed by atoms with Gasteiger partial charge in [0.25, 0.3) is 0 Å². The topological polar surface area (TPSA) is 66.4 Å². The Morgan fingerprint density at radius 1 is 0.295 bits per heavy atom. The molecule has 342 valence electrons. The van der Waals surface area contributed by atoms with Gasteiger partial charge in [-0.2, -0.15) is 0 Å². The zero-order valence-electron chi connectivity index (χ0n) is 39.6. The predicted molar refractivity (Wildman–Crippen MR) is 261 cm³/mol. The molecule has 4 aromatic rings. The van der Waals surface area contributed by atoms with E-state index >= 15 is 0 Å². The molecule has 4 aromatic carbocycles. The third kappa shape index (κ3) is 17.3. The van der Waals surface area contributed by atoms with Crippen LogP contribution in [0.2, 0.25) is 0 Å². The molecule has 0 heterocycles. The number of benzene rings is 4. The van der Waals surface area contributed by atoms with E-state index in [1.54, 1.807) is 7.11 Å². The first-order chi connectivity index (χ1) is 30.1. The van der Waals surface area contributed by atoms with Crippen LogP contribution in [-0.4, -0.2) is 38.6 Å². The van der Waals surface area contributed by atoms with Crippen molar-refractivity contribution in [2.75, 3.05) is 33.5 Å². The van der Waals surface area contributed by atoms with E-state index in [0.29, 0.717) is 32.2 Å². The molecule has 0 bridgehead atoms. The largest absolute Gasteiger partial charge is 0.504 e. The van der Waals surface area contributed by atoms with Crippen molar-refractivity contribution in [3.63, 3.8) is 0 Å². The Hall–Kier alpha value is -3.54. The molecule has 0 amide bonds. The highest BCUT2D eigenvalue weighted by Gasteiger charge is 2.20. The lowest BCUT2D eigenvalue weighted by atomic mass is 9.93. The summed E-state index contributed by atoms with van der Waals surface area (Å²) in [5.74, 6) is 3.68. The highest BCUT2D eigenvalue weighted by Crippen LogP contribution is 2.47. The van der Waals surface area contributed by atoms with Gasteiger partial charge in [0.1, 0.15) is 0 Å². The van der Waals surface area contributed by atoms with E-state index < -0.39 is 0 Å². The first-order valence-electron chi connectivity index (χ1n) is 25.3. The maximum Gasteiger partial charge on any atom is 0.161 e. The standard InChI is InChI=1S/C55H86O6/c1-6-10-14-18-22-26-30-34-58-52-40-46-44-38-50(56)51(57-5)39-45(44)47-41-53(59-35-31-27-23-19-15-11-7-2)55(61-37-33-29-25-21-17-13-9-4)43-49(47)48(46)42-54(52)60-36-32-28-24-20-16-12-8-3/h38-43,56H,6-37H2,1-5H3. The molecule has 0 unspecified atom stereocenters. The van der Waals surface area contributed by atoms with Crippen LogP contribution >= 0.6 is 0 Å². The summed E-state index contributed by atoms with van der Waals surface area (Å²) in [6, 6.07) is 12.5. The van der Waals surface area contributed by atoms with Gasteiger partial charge < -0.3 is 28.8 Å². The fourth-order valence-electron chi connectivity index (χ4n) is 8.61. The molecule has 0 radical (unpaired) electrons. The first-order valence-corrected chi connectivity index (χ1v) is 25.3. The molecule has 0 fully saturated rings. The Kier molecular flexibility index (Phi) is 25.1. The molecule has 0 saturated carbocycles. The maximum atomic E-state index is 11.2. The third-order valence-corrected chi connectivity index (χ3v) is 12.4. The van der Waals surface area contributed by atoms with Crippen LogP contribution in [0.15, 0.2) is 36.4 Å². The van der Waals surface area contributed by atoms with Gasteiger partial charge in [-0.3, -0.25) is 0 Å². The fraction of sp³-hybridized carbons (Fsp3) is 0.673. The van der Waals surface area contributed by atoms with Crippen molar-refractivity contribution in [2.45, 2.75) is 207 Å². The fourth-order valence-corrected chi connectivity index (χ4v) is 8.61. The molecule has 0 aliphatic heterocycles. The quantitative estimate of drug-likeness (QED) is 0.0360. The Labute approximate surface area is 371 Å². The van der Waals surface area contributed by atoms with Gasteiger partial charge in [-0.25, -0.2) is 0 Å². The smallest absolute Gasteiger partial charge is 0.161 e. The van der Waals surface area contributed by atoms with Crippen molar-refractivity contribution >= 4 is 32.3 Å². The average Bonchev–Trinajstić information content (AvgIpc) is 3.27. The van der Waals surface area contributed by atoms with Gasteiger partial charge in [-0.15, -0.1) is 0 Å². The lowest BCUT2D eigenvalue weighted by Gasteiger charge is -2.20. The molecule has 0 aliphatic carbocycles. The summed E-state index contributed by atoms with van der Waals surface area (Å²) in [5, 5.41) is 17.3. The highest BCUT2D eigenvalue weighted by atomic mass is 16.5. The first kappa shape index (κ1) is 50.1. The molecule has 4 rings (SSSR count). The van der Waals surface area contributed by atoms with Crippen molar-refractivity contribution in [1.29, 1.82) is 0 Å². The number of phenolic OH excluding ortho intramolecular Hbond substituents is 1. The van der Waals surface area contributed by atoms with E-state index in [-0.39, 0.29) is 5.75 Å². The molecule has 0 atom stereocenters. The molecule has 6 nitrogen and oxygen atoms in total. The Morgan fingerprint density at radius 3 is 0.754 bits per heavy atom. The number of fused-ring (bicyclic) bond motifs is 6. The molecular formula is C55H86O6. The monoisotopic (exact) mass is 843 g/mol. The molecule has 1 N–H and O–H groups in total. The summed E-state index contributed by atoms with van der Waals surface area (Å²) in [5.41, 5.74) is 0. The highest BCUT2D eigenvalue weighted by molar-refractivity contribution is 6.26. The summed E-state index contributed by atoms with van der Waals surface area (Å²) in [7, 11) is 1.61. The van der Waals surface area contributed by atoms with E-state index in [1.807, 2.05) is 12.1 Å². The van der Waals surface area contributed by atoms with Crippen molar-refractivity contribution in [2.24, 2.45) is 0 Å². The number of unbranched alkanes of at least 4 members (excludes halogenated alkanes) is 24. The second kappa shape index (κ2) is 30.5. The number of phenols is 1. The van der Waals surface area contributed by atoms with Crippen molar-refractivity contribution in [1.82, 2.24) is 0 Å². The predicted octanol–water partition coefficient (Wildman–Crippen LogP) is 17.4. The molecule has 61 heavy (non-hydrogen) atoms. The van der Waals surface area contributed by atoms with E-state index in [0.717, 1.165) is 87.4 Å². The minimum absolute atomic E-state index is 0.116. The summed E-state index contributed by atoms with van der Waals surface area (Å²) >= 11 is 0. The van der Waals surface area contributed by atoms with E-state index in [9.17, 15) is 5.11 Å². The van der Waals surface area contributed by atoms with E-state index in [2.05, 4.69) is 52.0 Å². The van der Waals surface area contributed by atoms with Gasteiger partial charge in [-0.05, 0) is 94.4 Å². The van der Waals surface area contributed by atoms with Crippen LogP contribution in [0.4, 0.5) is 0 Å². The van der Waals surface area contributed by atoms with Gasteiger partial charge in [0.2, 0.25) is 0 Å². The Morgan fingerprint density at radius 2 is 0.508 bits per heavy atom. The number of hydrogen-bond acceptors (Lipinski definition) is 6. The minimum atomic E-state index is 0.116. The number of hydrogen-bond donors (Lipinski definition) is 1. The van der Waals surface area contributed by atoms with Crippen LogP contribution in [0, 0.1) is 0 Å². The average molecular weight is 843 g/mol. The second-order valence-electron chi connectivity index (χ2n) is 17.6. The van der Waals surface area contributed by atoms with Crippen LogP contribution in [0.25, 0.3) is 32.3 Å². The van der Waals surface area contributed by atoms with Gasteiger partial charge in [0.15, 0.2) is 34.5 Å². The van der Waals surface area contributed by atoms with Crippen molar-refractivity contribution < 1.29 is 28.8 Å². The Balaban J connectivity index is 1.71. The van der Waals surface area contributed by atoms with Crippen LogP contribution < -0.4 is 23.7 Å². The SMILES string of the molecule is CCCCCCCCCOc1cc2c3cc(O)c(OC)cc3c3cc(OCCCCCCCCC)c(OCCCCCCCCC)cc3c2cc1OCCCCCCCCC. The van der Waals surface area contributed by atoms with Gasteiger partial charge in [0, 0.05) is 0 Å². The maximum absolute atomic E-state index is 11.2. The molecule has 0 saturated heterocycles. The third-order valence-electron chi connectivity index (χ3n) is 12.4. The molecule has 0 spiro atoms. The zero-order chi connectivity index (χ0) is 43.3. The lowest BCUT2D eigenvalue weighted by molar-refractivity contribution is 0.259. The van der Waals surface area contributed by atoms with Crippen LogP contribution in [0.5, 0.6) is 34.5 Å². The van der Waals surface area contributed by atoms with E-state index in [1.165, 1.54) is 148 Å². The van der Waals surface area contributed by atoms with Gasteiger partial charge >= 0.3 is 0 Å². The van der Waals surface area contributed by atoms with Crippen LogP contribution in [-0.2, 0) is 0 Å². The van der Waals surface area contributed by atoms with Gasteiger partial charge in [-0.1, -0.05) is 182 Å². The van der Waals surface area contributed by atoms with Crippen molar-refractivity contribution in [3.05, 3.63) is 36.4 Å². The summed E-state index contributed by atoms with van der Waals surface area (Å²) in [4.78, 5) is 0. The number of methoxy groups -OCH3 is 1.